The van der Waals surface area contributed by atoms with Crippen molar-refractivity contribution in [3.8, 4) is 6.07 Å². The molecule has 1 N–H and O–H groups in total. The van der Waals surface area contributed by atoms with Crippen LogP contribution in [0.15, 0.2) is 42.5 Å². The van der Waals surface area contributed by atoms with E-state index in [0.717, 1.165) is 19.8 Å². The quantitative estimate of drug-likeness (QED) is 0.814. The van der Waals surface area contributed by atoms with E-state index in [-0.39, 0.29) is 0 Å². The number of hydrogen-bond donors (Lipinski definition) is 1. The van der Waals surface area contributed by atoms with Gasteiger partial charge in [-0.3, -0.25) is 0 Å². The van der Waals surface area contributed by atoms with Crippen LogP contribution >= 0.6 is 34.2 Å². The molecular weight excluding hydrogens is 359 g/mol. The second kappa shape index (κ2) is 6.07. The van der Waals surface area contributed by atoms with Gasteiger partial charge in [0.1, 0.15) is 0 Å². The fourth-order valence-electron chi connectivity index (χ4n) is 1.61. The molecule has 4 heteroatoms. The average molecular weight is 369 g/mol. The topological polar surface area (TPSA) is 35.8 Å². The summed E-state index contributed by atoms with van der Waals surface area (Å²) in [5, 5.41) is 13.0. The Morgan fingerprint density at radius 1 is 1.22 bits per heavy atom. The molecule has 2 aromatic rings. The van der Waals surface area contributed by atoms with E-state index in [1.54, 1.807) is 0 Å². The van der Waals surface area contributed by atoms with Gasteiger partial charge in [0, 0.05) is 20.8 Å². The Bertz CT molecular complexity index is 605. The predicted molar refractivity (Wildman–Crippen MR) is 82.7 cm³/mol. The number of halogens is 2. The van der Waals surface area contributed by atoms with E-state index >= 15 is 0 Å². The minimum Gasteiger partial charge on any atom is -0.380 e. The lowest BCUT2D eigenvalue weighted by atomic mass is 10.1. The molecule has 0 amide bonds. The highest BCUT2D eigenvalue weighted by atomic mass is 127. The average Bonchev–Trinajstić information content (AvgIpc) is 2.38. The lowest BCUT2D eigenvalue weighted by Crippen LogP contribution is -2.02. The molecule has 2 rings (SSSR count). The molecule has 0 aliphatic carbocycles. The zero-order valence-corrected chi connectivity index (χ0v) is 12.4. The first-order valence-electron chi connectivity index (χ1n) is 5.37. The van der Waals surface area contributed by atoms with Crippen molar-refractivity contribution < 1.29 is 0 Å². The van der Waals surface area contributed by atoms with Crippen LogP contribution in [0.2, 0.25) is 5.02 Å². The third-order valence-corrected chi connectivity index (χ3v) is 3.67. The summed E-state index contributed by atoms with van der Waals surface area (Å²) in [6.45, 7) is 0.626. The molecule has 2 aromatic carbocycles. The fraction of sp³-hybridized carbons (Fsp3) is 0.0714. The van der Waals surface area contributed by atoms with Crippen molar-refractivity contribution in [2.75, 3.05) is 5.32 Å². The van der Waals surface area contributed by atoms with Crippen molar-refractivity contribution in [2.24, 2.45) is 0 Å². The van der Waals surface area contributed by atoms with Gasteiger partial charge < -0.3 is 5.32 Å². The van der Waals surface area contributed by atoms with E-state index in [4.69, 9.17) is 16.9 Å². The van der Waals surface area contributed by atoms with Crippen LogP contribution in [0, 0.1) is 14.9 Å². The van der Waals surface area contributed by atoms with Crippen LogP contribution in [-0.4, -0.2) is 0 Å². The van der Waals surface area contributed by atoms with Gasteiger partial charge in [0.15, 0.2) is 0 Å². The van der Waals surface area contributed by atoms with Crippen molar-refractivity contribution >= 4 is 39.9 Å². The molecule has 0 aliphatic heterocycles. The third-order valence-electron chi connectivity index (χ3n) is 2.54. The molecule has 0 saturated heterocycles. The van der Waals surface area contributed by atoms with Crippen LogP contribution in [0.5, 0.6) is 0 Å². The Hall–Kier alpha value is -1.25. The van der Waals surface area contributed by atoms with Gasteiger partial charge in [-0.15, -0.1) is 0 Å². The number of nitriles is 1. The number of nitrogens with one attached hydrogen (secondary N) is 1. The van der Waals surface area contributed by atoms with E-state index in [1.165, 1.54) is 0 Å². The number of benzene rings is 2. The predicted octanol–water partition coefficient (Wildman–Crippen LogP) is 4.43. The van der Waals surface area contributed by atoms with Crippen LogP contribution in [0.1, 0.15) is 11.1 Å². The van der Waals surface area contributed by atoms with Crippen LogP contribution in [-0.2, 0) is 6.54 Å². The second-order valence-corrected chi connectivity index (χ2v) is 5.35. The van der Waals surface area contributed by atoms with E-state index < -0.39 is 0 Å². The third kappa shape index (κ3) is 3.15. The molecule has 0 unspecified atom stereocenters. The summed E-state index contributed by atoms with van der Waals surface area (Å²) in [6.07, 6.45) is 0. The van der Waals surface area contributed by atoms with Gasteiger partial charge in [-0.1, -0.05) is 29.8 Å². The first-order chi connectivity index (χ1) is 8.70. The van der Waals surface area contributed by atoms with Crippen molar-refractivity contribution in [1.29, 1.82) is 5.26 Å². The molecule has 18 heavy (non-hydrogen) atoms. The lowest BCUT2D eigenvalue weighted by molar-refractivity contribution is 1.13. The molecule has 90 valence electrons. The Labute approximate surface area is 125 Å². The maximum atomic E-state index is 9.01. The number of hydrogen-bond acceptors (Lipinski definition) is 2. The van der Waals surface area contributed by atoms with Gasteiger partial charge >= 0.3 is 0 Å². The minimum absolute atomic E-state index is 0.626. The maximum Gasteiger partial charge on any atom is 0.0995 e. The molecule has 0 fully saturated rings. The number of rotatable bonds is 3. The smallest absolute Gasteiger partial charge is 0.0995 e. The maximum absolute atomic E-state index is 9.01. The molecule has 0 spiro atoms. The van der Waals surface area contributed by atoms with E-state index in [0.29, 0.717) is 12.1 Å². The number of anilines is 1. The van der Waals surface area contributed by atoms with Gasteiger partial charge in [0.25, 0.3) is 0 Å². The van der Waals surface area contributed by atoms with Crippen molar-refractivity contribution in [2.45, 2.75) is 6.54 Å². The van der Waals surface area contributed by atoms with Gasteiger partial charge in [-0.05, 0) is 52.4 Å². The van der Waals surface area contributed by atoms with Crippen LogP contribution in [0.4, 0.5) is 5.69 Å². The highest BCUT2D eigenvalue weighted by Crippen LogP contribution is 2.23. The van der Waals surface area contributed by atoms with E-state index in [2.05, 4.69) is 34.0 Å². The monoisotopic (exact) mass is 368 g/mol. The van der Waals surface area contributed by atoms with Crippen LogP contribution < -0.4 is 5.32 Å². The summed E-state index contributed by atoms with van der Waals surface area (Å²) in [5.74, 6) is 0. The number of nitrogens with zero attached hydrogens (tertiary/aromatic N) is 1. The summed E-state index contributed by atoms with van der Waals surface area (Å²) in [6, 6.07) is 15.5. The summed E-state index contributed by atoms with van der Waals surface area (Å²) in [7, 11) is 0. The highest BCUT2D eigenvalue weighted by molar-refractivity contribution is 14.1. The summed E-state index contributed by atoms with van der Waals surface area (Å²) in [5.41, 5.74) is 2.72. The summed E-state index contributed by atoms with van der Waals surface area (Å²) in [4.78, 5) is 0. The molecule has 0 saturated carbocycles. The van der Waals surface area contributed by atoms with E-state index in [1.807, 2.05) is 42.5 Å². The molecule has 0 radical (unpaired) electrons. The first-order valence-corrected chi connectivity index (χ1v) is 6.83. The SMILES string of the molecule is N#Cc1ccccc1CNc1ccc(Cl)cc1I. The zero-order valence-electron chi connectivity index (χ0n) is 9.45. The van der Waals surface area contributed by atoms with Gasteiger partial charge in [0.05, 0.1) is 11.6 Å². The Morgan fingerprint density at radius 2 is 2.00 bits per heavy atom. The lowest BCUT2D eigenvalue weighted by Gasteiger charge is -2.09. The van der Waals surface area contributed by atoms with E-state index in [9.17, 15) is 0 Å². The van der Waals surface area contributed by atoms with Crippen molar-refractivity contribution in [3.05, 3.63) is 62.2 Å². The fourth-order valence-corrected chi connectivity index (χ4v) is 2.67. The molecule has 0 bridgehead atoms. The second-order valence-electron chi connectivity index (χ2n) is 3.75. The molecular formula is C14H10ClIN2. The van der Waals surface area contributed by atoms with Gasteiger partial charge in [-0.25, -0.2) is 0 Å². The Kier molecular flexibility index (Phi) is 4.45. The highest BCUT2D eigenvalue weighted by Gasteiger charge is 2.03. The van der Waals surface area contributed by atoms with Crippen molar-refractivity contribution in [1.82, 2.24) is 0 Å². The summed E-state index contributed by atoms with van der Waals surface area (Å²) < 4.78 is 1.06. The zero-order chi connectivity index (χ0) is 13.0. The largest absolute Gasteiger partial charge is 0.380 e. The summed E-state index contributed by atoms with van der Waals surface area (Å²) >= 11 is 8.14. The van der Waals surface area contributed by atoms with Crippen LogP contribution in [0.25, 0.3) is 0 Å². The normalized spacial score (nSPS) is 9.83. The standard InChI is InChI=1S/C14H10ClIN2/c15-12-5-6-14(13(16)7-12)18-9-11-4-2-1-3-10(11)8-17/h1-7,18H,9H2. The molecule has 0 atom stereocenters. The van der Waals surface area contributed by atoms with Crippen LogP contribution in [0.3, 0.4) is 0 Å². The Balaban J connectivity index is 2.14. The van der Waals surface area contributed by atoms with Gasteiger partial charge in [-0.2, -0.15) is 5.26 Å². The molecule has 2 nitrogen and oxygen atoms in total. The molecule has 0 heterocycles. The molecule has 0 aromatic heterocycles. The Morgan fingerprint density at radius 3 is 2.72 bits per heavy atom. The first kappa shape index (κ1) is 13.2. The molecule has 0 aliphatic rings. The van der Waals surface area contributed by atoms with Gasteiger partial charge in [0.2, 0.25) is 0 Å². The minimum atomic E-state index is 0.626. The van der Waals surface area contributed by atoms with Crippen molar-refractivity contribution in [3.63, 3.8) is 0 Å².